The Labute approximate surface area is 115 Å². The van der Waals surface area contributed by atoms with E-state index in [9.17, 15) is 0 Å². The number of nitrogens with one attached hydrogen (secondary N) is 1. The van der Waals surface area contributed by atoms with E-state index in [1.165, 1.54) is 5.56 Å². The van der Waals surface area contributed by atoms with Crippen molar-refractivity contribution in [2.75, 3.05) is 5.32 Å². The van der Waals surface area contributed by atoms with Gasteiger partial charge in [-0.05, 0) is 42.3 Å². The molecule has 2 rings (SSSR count). The molecule has 0 aliphatic rings. The lowest BCUT2D eigenvalue weighted by atomic mass is 10.1. The molecule has 0 radical (unpaired) electrons. The molecule has 1 N–H and O–H groups in total. The Kier molecular flexibility index (Phi) is 4.01. The summed E-state index contributed by atoms with van der Waals surface area (Å²) >= 11 is 3.51. The third kappa shape index (κ3) is 2.91. The Hall–Kier alpha value is -1.79. The van der Waals surface area contributed by atoms with Crippen molar-refractivity contribution in [2.45, 2.75) is 13.5 Å². The fourth-order valence-corrected chi connectivity index (χ4v) is 2.11. The van der Waals surface area contributed by atoms with Crippen molar-refractivity contribution in [3.63, 3.8) is 0 Å². The maximum atomic E-state index is 8.85. The molecule has 0 aliphatic heterocycles. The number of halogens is 1. The molecular weight excluding hydrogens is 288 g/mol. The van der Waals surface area contributed by atoms with Crippen LogP contribution in [0.2, 0.25) is 0 Å². The highest BCUT2D eigenvalue weighted by atomic mass is 79.9. The van der Waals surface area contributed by atoms with Gasteiger partial charge in [0, 0.05) is 16.7 Å². The van der Waals surface area contributed by atoms with E-state index in [1.54, 1.807) is 0 Å². The van der Waals surface area contributed by atoms with Crippen LogP contribution >= 0.6 is 15.9 Å². The summed E-state index contributed by atoms with van der Waals surface area (Å²) in [7, 11) is 0. The number of rotatable bonds is 3. The lowest BCUT2D eigenvalue weighted by Gasteiger charge is -2.10. The molecule has 2 aromatic rings. The zero-order valence-corrected chi connectivity index (χ0v) is 11.7. The van der Waals surface area contributed by atoms with Gasteiger partial charge in [0.25, 0.3) is 0 Å². The highest BCUT2D eigenvalue weighted by Gasteiger charge is 2.01. The molecule has 0 bridgehead atoms. The molecule has 0 heterocycles. The number of nitrogens with zero attached hydrogens (tertiary/aromatic N) is 1. The molecule has 3 heteroatoms. The van der Waals surface area contributed by atoms with Crippen LogP contribution in [0.15, 0.2) is 46.9 Å². The Balaban J connectivity index is 2.12. The molecule has 0 aromatic heterocycles. The number of anilines is 1. The van der Waals surface area contributed by atoms with E-state index in [-0.39, 0.29) is 0 Å². The molecule has 90 valence electrons. The first-order chi connectivity index (χ1) is 8.70. The molecule has 18 heavy (non-hydrogen) atoms. The maximum absolute atomic E-state index is 8.85. The standard InChI is InChI=1S/C15H13BrN2/c1-11-14(16)6-3-7-15(11)18-10-13-5-2-4-12(8-13)9-17/h2-8,18H,10H2,1H3. The lowest BCUT2D eigenvalue weighted by Crippen LogP contribution is -2.01. The minimum absolute atomic E-state index is 0.695. The Morgan fingerprint density at radius 1 is 1.22 bits per heavy atom. The molecule has 2 nitrogen and oxygen atoms in total. The van der Waals surface area contributed by atoms with E-state index in [4.69, 9.17) is 5.26 Å². The van der Waals surface area contributed by atoms with Crippen LogP contribution in [0.4, 0.5) is 5.69 Å². The number of nitriles is 1. The molecule has 0 saturated heterocycles. The average molecular weight is 301 g/mol. The van der Waals surface area contributed by atoms with Gasteiger partial charge in [-0.15, -0.1) is 0 Å². The quantitative estimate of drug-likeness (QED) is 0.920. The SMILES string of the molecule is Cc1c(Br)cccc1NCc1cccc(C#N)c1. The van der Waals surface area contributed by atoms with E-state index in [0.717, 1.165) is 15.7 Å². The van der Waals surface area contributed by atoms with Gasteiger partial charge in [0.15, 0.2) is 0 Å². The van der Waals surface area contributed by atoms with Crippen LogP contribution in [0.1, 0.15) is 16.7 Å². The van der Waals surface area contributed by atoms with E-state index in [2.05, 4.69) is 34.2 Å². The first kappa shape index (κ1) is 12.7. The molecule has 2 aromatic carbocycles. The predicted octanol–water partition coefficient (Wildman–Crippen LogP) is 4.24. The van der Waals surface area contributed by atoms with E-state index in [1.807, 2.05) is 42.5 Å². The minimum Gasteiger partial charge on any atom is -0.381 e. The zero-order valence-electron chi connectivity index (χ0n) is 10.1. The van der Waals surface area contributed by atoms with E-state index < -0.39 is 0 Å². The Morgan fingerprint density at radius 3 is 2.78 bits per heavy atom. The molecule has 0 atom stereocenters. The van der Waals surface area contributed by atoms with Crippen molar-refractivity contribution < 1.29 is 0 Å². The zero-order chi connectivity index (χ0) is 13.0. The summed E-state index contributed by atoms with van der Waals surface area (Å²) < 4.78 is 1.10. The summed E-state index contributed by atoms with van der Waals surface area (Å²) in [5.74, 6) is 0. The number of benzene rings is 2. The third-order valence-corrected chi connectivity index (χ3v) is 3.67. The molecule has 0 unspecified atom stereocenters. The van der Waals surface area contributed by atoms with Gasteiger partial charge in [0.1, 0.15) is 0 Å². The van der Waals surface area contributed by atoms with Crippen molar-refractivity contribution in [1.82, 2.24) is 0 Å². The van der Waals surface area contributed by atoms with Crippen molar-refractivity contribution in [2.24, 2.45) is 0 Å². The second kappa shape index (κ2) is 5.70. The van der Waals surface area contributed by atoms with Gasteiger partial charge in [-0.3, -0.25) is 0 Å². The fourth-order valence-electron chi connectivity index (χ4n) is 1.75. The van der Waals surface area contributed by atoms with E-state index >= 15 is 0 Å². The summed E-state index contributed by atoms with van der Waals surface area (Å²) in [5.41, 5.74) is 4.09. The van der Waals surface area contributed by atoms with Gasteiger partial charge < -0.3 is 5.32 Å². The minimum atomic E-state index is 0.695. The third-order valence-electron chi connectivity index (χ3n) is 2.81. The van der Waals surface area contributed by atoms with Crippen molar-refractivity contribution >= 4 is 21.6 Å². The fraction of sp³-hybridized carbons (Fsp3) is 0.133. The second-order valence-electron chi connectivity index (χ2n) is 4.08. The van der Waals surface area contributed by atoms with Crippen molar-refractivity contribution in [3.05, 3.63) is 63.6 Å². The summed E-state index contributed by atoms with van der Waals surface area (Å²) in [6, 6.07) is 15.9. The number of hydrogen-bond donors (Lipinski definition) is 1. The van der Waals surface area contributed by atoms with Gasteiger partial charge in [-0.2, -0.15) is 5.26 Å². The van der Waals surface area contributed by atoms with Crippen LogP contribution < -0.4 is 5.32 Å². The summed E-state index contributed by atoms with van der Waals surface area (Å²) in [6.45, 7) is 2.78. The second-order valence-corrected chi connectivity index (χ2v) is 4.93. The van der Waals surface area contributed by atoms with Crippen LogP contribution in [0.3, 0.4) is 0 Å². The van der Waals surface area contributed by atoms with Gasteiger partial charge in [-0.1, -0.05) is 34.1 Å². The maximum Gasteiger partial charge on any atom is 0.0991 e. The largest absolute Gasteiger partial charge is 0.381 e. The predicted molar refractivity (Wildman–Crippen MR) is 77.4 cm³/mol. The molecule has 0 saturated carbocycles. The number of hydrogen-bond acceptors (Lipinski definition) is 2. The van der Waals surface area contributed by atoms with Crippen molar-refractivity contribution in [1.29, 1.82) is 5.26 Å². The van der Waals surface area contributed by atoms with Gasteiger partial charge in [0.05, 0.1) is 11.6 Å². The summed E-state index contributed by atoms with van der Waals surface area (Å²) in [5, 5.41) is 12.2. The lowest BCUT2D eigenvalue weighted by molar-refractivity contribution is 1.13. The highest BCUT2D eigenvalue weighted by Crippen LogP contribution is 2.23. The van der Waals surface area contributed by atoms with Crippen molar-refractivity contribution in [3.8, 4) is 6.07 Å². The van der Waals surface area contributed by atoms with E-state index in [0.29, 0.717) is 12.1 Å². The average Bonchev–Trinajstić information content (AvgIpc) is 2.41. The highest BCUT2D eigenvalue weighted by molar-refractivity contribution is 9.10. The molecular formula is C15H13BrN2. The Bertz CT molecular complexity index is 600. The summed E-state index contributed by atoms with van der Waals surface area (Å²) in [6.07, 6.45) is 0. The van der Waals surface area contributed by atoms with Crippen LogP contribution in [-0.2, 0) is 6.54 Å². The molecule has 0 spiro atoms. The summed E-state index contributed by atoms with van der Waals surface area (Å²) in [4.78, 5) is 0. The Morgan fingerprint density at radius 2 is 2.00 bits per heavy atom. The topological polar surface area (TPSA) is 35.8 Å². The smallest absolute Gasteiger partial charge is 0.0991 e. The van der Waals surface area contributed by atoms with Crippen LogP contribution in [0.5, 0.6) is 0 Å². The van der Waals surface area contributed by atoms with Crippen LogP contribution in [-0.4, -0.2) is 0 Å². The van der Waals surface area contributed by atoms with Gasteiger partial charge in [0.2, 0.25) is 0 Å². The molecule has 0 amide bonds. The van der Waals surface area contributed by atoms with Crippen LogP contribution in [0.25, 0.3) is 0 Å². The monoisotopic (exact) mass is 300 g/mol. The normalized spacial score (nSPS) is 9.83. The van der Waals surface area contributed by atoms with Crippen LogP contribution in [0, 0.1) is 18.3 Å². The first-order valence-corrected chi connectivity index (χ1v) is 6.48. The first-order valence-electron chi connectivity index (χ1n) is 5.69. The molecule has 0 aliphatic carbocycles. The molecule has 0 fully saturated rings. The van der Waals surface area contributed by atoms with Gasteiger partial charge >= 0.3 is 0 Å². The van der Waals surface area contributed by atoms with Gasteiger partial charge in [-0.25, -0.2) is 0 Å².